The first-order valence-corrected chi connectivity index (χ1v) is 8.20. The van der Waals surface area contributed by atoms with Crippen LogP contribution in [0.1, 0.15) is 36.0 Å². The van der Waals surface area contributed by atoms with E-state index < -0.39 is 17.7 Å². The Balaban J connectivity index is 0.00000312. The van der Waals surface area contributed by atoms with Crippen LogP contribution >= 0.6 is 12.4 Å². The summed E-state index contributed by atoms with van der Waals surface area (Å²) in [7, 11) is 0. The van der Waals surface area contributed by atoms with Crippen LogP contribution in [-0.2, 0) is 23.9 Å². The third-order valence-corrected chi connectivity index (χ3v) is 4.22. The van der Waals surface area contributed by atoms with Crippen molar-refractivity contribution in [3.05, 3.63) is 34.9 Å². The summed E-state index contributed by atoms with van der Waals surface area (Å²) in [4.78, 5) is 12.8. The molecule has 0 aliphatic carbocycles. The van der Waals surface area contributed by atoms with Crippen molar-refractivity contribution in [3.63, 3.8) is 0 Å². The highest BCUT2D eigenvalue weighted by atomic mass is 35.5. The number of nitrogens with zero attached hydrogens (tertiary/aromatic N) is 1. The van der Waals surface area contributed by atoms with Gasteiger partial charge in [0.1, 0.15) is 0 Å². The minimum Gasteiger partial charge on any atom is -0.481 e. The fourth-order valence-corrected chi connectivity index (χ4v) is 2.89. The summed E-state index contributed by atoms with van der Waals surface area (Å²) in [5.41, 5.74) is 0.939. The highest BCUT2D eigenvalue weighted by Crippen LogP contribution is 2.31. The maximum atomic E-state index is 13.0. The number of nitrogens with one attached hydrogen (secondary N) is 1. The Morgan fingerprint density at radius 2 is 1.84 bits per heavy atom. The average Bonchev–Trinajstić information content (AvgIpc) is 2.52. The topological polar surface area (TPSA) is 52.6 Å². The molecule has 25 heavy (non-hydrogen) atoms. The van der Waals surface area contributed by atoms with Crippen LogP contribution in [0, 0.1) is 0 Å². The first-order chi connectivity index (χ1) is 11.4. The van der Waals surface area contributed by atoms with Crippen LogP contribution in [0.5, 0.6) is 0 Å². The summed E-state index contributed by atoms with van der Waals surface area (Å²) < 4.78 is 38.9. The van der Waals surface area contributed by atoms with Gasteiger partial charge in [-0.2, -0.15) is 13.2 Å². The maximum absolute atomic E-state index is 13.0. The van der Waals surface area contributed by atoms with Crippen LogP contribution in [0.25, 0.3) is 0 Å². The summed E-state index contributed by atoms with van der Waals surface area (Å²) >= 11 is 0. The van der Waals surface area contributed by atoms with Gasteiger partial charge in [0.25, 0.3) is 0 Å². The standard InChI is InChI=1S/C17H23F3N2O2.ClH/c18-17(19,20)15-6-5-14(12-22-9-7-21-8-10-22)13(11-15)3-1-2-4-16(23)24;/h5-6,11,21H,1-4,7-10,12H2,(H,23,24);1H. The van der Waals surface area contributed by atoms with Crippen molar-refractivity contribution in [1.29, 1.82) is 0 Å². The number of carboxylic acid groups (broad SMARTS) is 1. The van der Waals surface area contributed by atoms with Gasteiger partial charge in [0.15, 0.2) is 0 Å². The molecule has 1 aromatic carbocycles. The zero-order chi connectivity index (χ0) is 17.6. The second-order valence-electron chi connectivity index (χ2n) is 6.11. The first kappa shape index (κ1) is 21.7. The third kappa shape index (κ3) is 7.22. The molecule has 0 saturated carbocycles. The number of hydrogen-bond donors (Lipinski definition) is 2. The quantitative estimate of drug-likeness (QED) is 0.712. The molecule has 0 unspecified atom stereocenters. The molecule has 1 aliphatic rings. The van der Waals surface area contributed by atoms with Gasteiger partial charge in [-0.3, -0.25) is 9.69 Å². The fraction of sp³-hybridized carbons (Fsp3) is 0.588. The summed E-state index contributed by atoms with van der Waals surface area (Å²) in [5.74, 6) is -0.875. The van der Waals surface area contributed by atoms with E-state index in [1.165, 1.54) is 6.07 Å². The van der Waals surface area contributed by atoms with Crippen molar-refractivity contribution in [2.75, 3.05) is 26.2 Å². The van der Waals surface area contributed by atoms with Crippen molar-refractivity contribution in [1.82, 2.24) is 10.2 Å². The molecule has 1 saturated heterocycles. The number of aryl methyl sites for hydroxylation is 1. The van der Waals surface area contributed by atoms with E-state index >= 15 is 0 Å². The molecular weight excluding hydrogens is 357 g/mol. The van der Waals surface area contributed by atoms with Gasteiger partial charge in [-0.25, -0.2) is 0 Å². The predicted molar refractivity (Wildman–Crippen MR) is 92.0 cm³/mol. The number of carbonyl (C=O) groups is 1. The zero-order valence-electron chi connectivity index (χ0n) is 13.9. The molecular formula is C17H24ClF3N2O2. The van der Waals surface area contributed by atoms with Crippen molar-refractivity contribution < 1.29 is 23.1 Å². The number of unbranched alkanes of at least 4 members (excludes halogenated alkanes) is 1. The summed E-state index contributed by atoms with van der Waals surface area (Å²) in [6.45, 7) is 4.15. The van der Waals surface area contributed by atoms with E-state index in [-0.39, 0.29) is 18.8 Å². The average molecular weight is 381 g/mol. The molecule has 4 nitrogen and oxygen atoms in total. The monoisotopic (exact) mass is 380 g/mol. The van der Waals surface area contributed by atoms with E-state index in [1.54, 1.807) is 6.07 Å². The Bertz CT molecular complexity index is 561. The highest BCUT2D eigenvalue weighted by molar-refractivity contribution is 5.85. The lowest BCUT2D eigenvalue weighted by Crippen LogP contribution is -2.43. The molecule has 0 amide bonds. The molecule has 2 N–H and O–H groups in total. The number of hydrogen-bond acceptors (Lipinski definition) is 3. The lowest BCUT2D eigenvalue weighted by molar-refractivity contribution is -0.138. The van der Waals surface area contributed by atoms with Gasteiger partial charge < -0.3 is 10.4 Å². The van der Waals surface area contributed by atoms with E-state index in [0.717, 1.165) is 37.8 Å². The summed E-state index contributed by atoms with van der Waals surface area (Å²) in [6, 6.07) is 3.92. The van der Waals surface area contributed by atoms with E-state index in [1.807, 2.05) is 0 Å². The normalized spacial score (nSPS) is 15.6. The molecule has 8 heteroatoms. The minimum absolute atomic E-state index is 0. The Hall–Kier alpha value is -1.31. The van der Waals surface area contributed by atoms with Crippen LogP contribution in [0.2, 0.25) is 0 Å². The van der Waals surface area contributed by atoms with Crippen LogP contribution in [0.4, 0.5) is 13.2 Å². The van der Waals surface area contributed by atoms with E-state index in [4.69, 9.17) is 5.11 Å². The molecule has 1 heterocycles. The number of benzene rings is 1. The van der Waals surface area contributed by atoms with Crippen molar-refractivity contribution in [3.8, 4) is 0 Å². The Labute approximate surface area is 151 Å². The SMILES string of the molecule is Cl.O=C(O)CCCCc1cc(C(F)(F)F)ccc1CN1CCNCC1. The van der Waals surface area contributed by atoms with E-state index in [2.05, 4.69) is 10.2 Å². The van der Waals surface area contributed by atoms with Crippen LogP contribution < -0.4 is 5.32 Å². The number of halogens is 4. The fourth-order valence-electron chi connectivity index (χ4n) is 2.89. The van der Waals surface area contributed by atoms with Gasteiger partial charge in [0.2, 0.25) is 0 Å². The molecule has 2 rings (SSSR count). The van der Waals surface area contributed by atoms with Gasteiger partial charge >= 0.3 is 12.1 Å². The molecule has 0 radical (unpaired) electrons. The van der Waals surface area contributed by atoms with Gasteiger partial charge in [-0.1, -0.05) is 6.07 Å². The predicted octanol–water partition coefficient (Wildman–Crippen LogP) is 3.33. The molecule has 0 atom stereocenters. The van der Waals surface area contributed by atoms with Gasteiger partial charge in [0.05, 0.1) is 5.56 Å². The lowest BCUT2D eigenvalue weighted by Gasteiger charge is -2.28. The Morgan fingerprint density at radius 3 is 2.44 bits per heavy atom. The van der Waals surface area contributed by atoms with E-state index in [0.29, 0.717) is 31.4 Å². The second kappa shape index (κ2) is 9.99. The number of piperazine rings is 1. The third-order valence-electron chi connectivity index (χ3n) is 4.22. The van der Waals surface area contributed by atoms with E-state index in [9.17, 15) is 18.0 Å². The number of alkyl halides is 3. The van der Waals surface area contributed by atoms with Gasteiger partial charge in [0, 0.05) is 39.1 Å². The second-order valence-corrected chi connectivity index (χ2v) is 6.11. The summed E-state index contributed by atoms with van der Waals surface area (Å²) in [5, 5.41) is 11.9. The zero-order valence-corrected chi connectivity index (χ0v) is 14.8. The largest absolute Gasteiger partial charge is 0.481 e. The molecule has 0 bridgehead atoms. The molecule has 0 aromatic heterocycles. The maximum Gasteiger partial charge on any atom is 0.416 e. The molecule has 1 aromatic rings. The molecule has 1 fully saturated rings. The molecule has 0 spiro atoms. The van der Waals surface area contributed by atoms with Crippen molar-refractivity contribution in [2.45, 2.75) is 38.4 Å². The Kier molecular flexibility index (Phi) is 8.68. The van der Waals surface area contributed by atoms with Crippen molar-refractivity contribution >= 4 is 18.4 Å². The van der Waals surface area contributed by atoms with Crippen LogP contribution in [0.3, 0.4) is 0 Å². The Morgan fingerprint density at radius 1 is 1.16 bits per heavy atom. The molecule has 1 aliphatic heterocycles. The van der Waals surface area contributed by atoms with Crippen LogP contribution in [-0.4, -0.2) is 42.2 Å². The lowest BCUT2D eigenvalue weighted by atomic mass is 9.97. The number of carboxylic acids is 1. The summed E-state index contributed by atoms with van der Waals surface area (Å²) in [6.07, 6.45) is -2.80. The number of rotatable bonds is 7. The van der Waals surface area contributed by atoms with Crippen LogP contribution in [0.15, 0.2) is 18.2 Å². The molecule has 142 valence electrons. The smallest absolute Gasteiger partial charge is 0.416 e. The van der Waals surface area contributed by atoms with Crippen molar-refractivity contribution in [2.24, 2.45) is 0 Å². The minimum atomic E-state index is -4.36. The number of aliphatic carboxylic acids is 1. The first-order valence-electron chi connectivity index (χ1n) is 8.20. The highest BCUT2D eigenvalue weighted by Gasteiger charge is 2.31. The van der Waals surface area contributed by atoms with Gasteiger partial charge in [-0.15, -0.1) is 12.4 Å². The van der Waals surface area contributed by atoms with Gasteiger partial charge in [-0.05, 0) is 42.5 Å².